The summed E-state index contributed by atoms with van der Waals surface area (Å²) in [7, 11) is 0. The summed E-state index contributed by atoms with van der Waals surface area (Å²) in [6, 6.07) is 23.4. The van der Waals surface area contributed by atoms with E-state index in [1.54, 1.807) is 6.20 Å². The quantitative estimate of drug-likeness (QED) is 0.411. The van der Waals surface area contributed by atoms with E-state index in [1.807, 2.05) is 78.9 Å². The lowest BCUT2D eigenvalue weighted by Crippen LogP contribution is -2.45. The van der Waals surface area contributed by atoms with Crippen molar-refractivity contribution >= 4 is 28.5 Å². The van der Waals surface area contributed by atoms with Crippen molar-refractivity contribution in [1.29, 1.82) is 0 Å². The molecule has 4 aromatic rings. The molecule has 1 unspecified atom stereocenters. The summed E-state index contributed by atoms with van der Waals surface area (Å²) in [5.74, 6) is -0.417. The number of nitrogens with zero attached hydrogens (tertiary/aromatic N) is 3. The molecule has 0 bridgehead atoms. The first-order valence-electron chi connectivity index (χ1n) is 10.2. The van der Waals surface area contributed by atoms with Crippen LogP contribution in [0.1, 0.15) is 11.1 Å². The number of carbonyl (C=O) groups excluding carboxylic acids is 2. The SMILES string of the molecule is O=C(NC(Cc1ccccc1)C(=O)Nc1nnc(-c2ccccn2)s1)OCc1ccccc1. The first kappa shape index (κ1) is 22.1. The van der Waals surface area contributed by atoms with E-state index in [2.05, 4.69) is 25.8 Å². The van der Waals surface area contributed by atoms with Gasteiger partial charge in [0.25, 0.3) is 0 Å². The number of carbonyl (C=O) groups is 2. The highest BCUT2D eigenvalue weighted by atomic mass is 32.1. The van der Waals surface area contributed by atoms with Crippen LogP contribution in [-0.4, -0.2) is 33.2 Å². The Morgan fingerprint density at radius 3 is 2.27 bits per heavy atom. The molecule has 33 heavy (non-hydrogen) atoms. The molecule has 0 radical (unpaired) electrons. The van der Waals surface area contributed by atoms with Gasteiger partial charge < -0.3 is 10.1 Å². The lowest BCUT2D eigenvalue weighted by molar-refractivity contribution is -0.118. The number of anilines is 1. The smallest absolute Gasteiger partial charge is 0.408 e. The molecule has 0 saturated heterocycles. The van der Waals surface area contributed by atoms with Crippen molar-refractivity contribution in [3.8, 4) is 10.7 Å². The van der Waals surface area contributed by atoms with Crippen LogP contribution in [0.15, 0.2) is 85.1 Å². The Bertz CT molecular complexity index is 1190. The second kappa shape index (κ2) is 11.0. The van der Waals surface area contributed by atoms with E-state index in [4.69, 9.17) is 4.74 Å². The molecule has 2 heterocycles. The van der Waals surface area contributed by atoms with Crippen LogP contribution in [0.2, 0.25) is 0 Å². The van der Waals surface area contributed by atoms with Crippen molar-refractivity contribution in [3.05, 3.63) is 96.2 Å². The predicted octanol–water partition coefficient (Wildman–Crippen LogP) is 4.08. The number of rotatable bonds is 8. The average molecular weight is 460 g/mol. The Labute approximate surface area is 194 Å². The van der Waals surface area contributed by atoms with Crippen LogP contribution in [0.5, 0.6) is 0 Å². The van der Waals surface area contributed by atoms with Gasteiger partial charge in [0.15, 0.2) is 5.01 Å². The molecule has 0 spiro atoms. The van der Waals surface area contributed by atoms with E-state index in [0.717, 1.165) is 11.1 Å². The fourth-order valence-electron chi connectivity index (χ4n) is 3.03. The summed E-state index contributed by atoms with van der Waals surface area (Å²) in [6.07, 6.45) is 1.27. The number of benzene rings is 2. The maximum atomic E-state index is 13.0. The van der Waals surface area contributed by atoms with Crippen LogP contribution in [0.25, 0.3) is 10.7 Å². The highest BCUT2D eigenvalue weighted by molar-refractivity contribution is 7.18. The van der Waals surface area contributed by atoms with Crippen molar-refractivity contribution in [1.82, 2.24) is 20.5 Å². The topological polar surface area (TPSA) is 106 Å². The van der Waals surface area contributed by atoms with Gasteiger partial charge in [0.2, 0.25) is 11.0 Å². The molecule has 0 aliphatic carbocycles. The number of aromatic nitrogens is 3. The number of pyridine rings is 1. The molecule has 2 aromatic heterocycles. The normalized spacial score (nSPS) is 11.4. The van der Waals surface area contributed by atoms with Crippen LogP contribution in [0, 0.1) is 0 Å². The molecular formula is C24H21N5O3S. The second-order valence-corrected chi connectivity index (χ2v) is 8.04. The van der Waals surface area contributed by atoms with E-state index in [0.29, 0.717) is 22.3 Å². The molecule has 8 nitrogen and oxygen atoms in total. The van der Waals surface area contributed by atoms with E-state index in [1.165, 1.54) is 11.3 Å². The van der Waals surface area contributed by atoms with Crippen LogP contribution in [-0.2, 0) is 22.6 Å². The summed E-state index contributed by atoms with van der Waals surface area (Å²) in [6.45, 7) is 0.107. The zero-order valence-corrected chi connectivity index (χ0v) is 18.4. The fourth-order valence-corrected chi connectivity index (χ4v) is 3.75. The van der Waals surface area contributed by atoms with Crippen LogP contribution >= 0.6 is 11.3 Å². The van der Waals surface area contributed by atoms with Gasteiger partial charge in [-0.05, 0) is 23.3 Å². The monoisotopic (exact) mass is 459 g/mol. The molecule has 0 fully saturated rings. The van der Waals surface area contributed by atoms with E-state index >= 15 is 0 Å². The van der Waals surface area contributed by atoms with Gasteiger partial charge in [-0.15, -0.1) is 10.2 Å². The van der Waals surface area contributed by atoms with Gasteiger partial charge in [0.1, 0.15) is 18.3 Å². The maximum absolute atomic E-state index is 13.0. The van der Waals surface area contributed by atoms with Gasteiger partial charge in [-0.2, -0.15) is 0 Å². The van der Waals surface area contributed by atoms with Gasteiger partial charge in [0, 0.05) is 12.6 Å². The summed E-state index contributed by atoms with van der Waals surface area (Å²) in [4.78, 5) is 29.7. The Morgan fingerprint density at radius 1 is 0.879 bits per heavy atom. The lowest BCUT2D eigenvalue weighted by atomic mass is 10.1. The first-order chi connectivity index (χ1) is 16.2. The van der Waals surface area contributed by atoms with E-state index < -0.39 is 18.0 Å². The third-order valence-corrected chi connectivity index (χ3v) is 5.50. The minimum Gasteiger partial charge on any atom is -0.445 e. The van der Waals surface area contributed by atoms with Crippen molar-refractivity contribution in [2.45, 2.75) is 19.1 Å². The van der Waals surface area contributed by atoms with Crippen LogP contribution in [0.4, 0.5) is 9.93 Å². The molecule has 1 atom stereocenters. The number of alkyl carbamates (subject to hydrolysis) is 1. The highest BCUT2D eigenvalue weighted by Crippen LogP contribution is 2.24. The Morgan fingerprint density at radius 2 is 1.58 bits per heavy atom. The van der Waals surface area contributed by atoms with E-state index in [9.17, 15) is 9.59 Å². The average Bonchev–Trinajstić information content (AvgIpc) is 3.33. The Kier molecular flexibility index (Phi) is 7.34. The van der Waals surface area contributed by atoms with E-state index in [-0.39, 0.29) is 6.61 Å². The zero-order chi connectivity index (χ0) is 22.9. The van der Waals surface area contributed by atoms with Crippen molar-refractivity contribution in [3.63, 3.8) is 0 Å². The van der Waals surface area contributed by atoms with Crippen molar-refractivity contribution < 1.29 is 14.3 Å². The molecule has 166 valence electrons. The van der Waals surface area contributed by atoms with Gasteiger partial charge in [-0.1, -0.05) is 78.1 Å². The molecule has 2 amide bonds. The summed E-state index contributed by atoms with van der Waals surface area (Å²) in [5.41, 5.74) is 2.42. The number of amides is 2. The Hall–Kier alpha value is -4.11. The number of hydrogen-bond acceptors (Lipinski definition) is 7. The van der Waals surface area contributed by atoms with Crippen LogP contribution < -0.4 is 10.6 Å². The number of nitrogens with one attached hydrogen (secondary N) is 2. The fraction of sp³-hybridized carbons (Fsp3) is 0.125. The molecule has 0 aliphatic rings. The number of ether oxygens (including phenoxy) is 1. The summed E-state index contributed by atoms with van der Waals surface area (Å²) < 4.78 is 5.29. The highest BCUT2D eigenvalue weighted by Gasteiger charge is 2.23. The van der Waals surface area contributed by atoms with Crippen LogP contribution in [0.3, 0.4) is 0 Å². The molecule has 0 saturated carbocycles. The predicted molar refractivity (Wildman–Crippen MR) is 125 cm³/mol. The van der Waals surface area contributed by atoms with Gasteiger partial charge in [0.05, 0.1) is 0 Å². The molecule has 4 rings (SSSR count). The minimum atomic E-state index is -0.863. The lowest BCUT2D eigenvalue weighted by Gasteiger charge is -2.17. The van der Waals surface area contributed by atoms with Gasteiger partial charge >= 0.3 is 6.09 Å². The van der Waals surface area contributed by atoms with Crippen molar-refractivity contribution in [2.24, 2.45) is 0 Å². The van der Waals surface area contributed by atoms with Crippen molar-refractivity contribution in [2.75, 3.05) is 5.32 Å². The van der Waals surface area contributed by atoms with Gasteiger partial charge in [-0.3, -0.25) is 15.1 Å². The minimum absolute atomic E-state index is 0.107. The van der Waals surface area contributed by atoms with Gasteiger partial charge in [-0.25, -0.2) is 4.79 Å². The number of hydrogen-bond donors (Lipinski definition) is 2. The molecule has 2 aromatic carbocycles. The summed E-state index contributed by atoms with van der Waals surface area (Å²) in [5, 5.41) is 14.4. The summed E-state index contributed by atoms with van der Waals surface area (Å²) >= 11 is 1.20. The first-order valence-corrected chi connectivity index (χ1v) is 11.1. The second-order valence-electron chi connectivity index (χ2n) is 7.06. The standard InChI is InChI=1S/C24H21N5O3S/c30-21(27-23-29-28-22(33-23)19-13-7-8-14-25-19)20(15-17-9-3-1-4-10-17)26-24(31)32-16-18-11-5-2-6-12-18/h1-14,20H,15-16H2,(H,26,31)(H,27,29,30). The molecule has 0 aliphatic heterocycles. The molecule has 2 N–H and O–H groups in total. The Balaban J connectivity index is 1.42. The maximum Gasteiger partial charge on any atom is 0.408 e. The molecular weight excluding hydrogens is 438 g/mol. The largest absolute Gasteiger partial charge is 0.445 e. The molecule has 9 heteroatoms. The third kappa shape index (κ3) is 6.44. The third-order valence-electron chi connectivity index (χ3n) is 4.64. The zero-order valence-electron chi connectivity index (χ0n) is 17.5.